The van der Waals surface area contributed by atoms with E-state index in [9.17, 15) is 19.5 Å². The lowest BCUT2D eigenvalue weighted by Gasteiger charge is -2.19. The number of nitrogens with two attached hydrogens (primary N) is 1. The van der Waals surface area contributed by atoms with E-state index < -0.39 is 29.9 Å². The van der Waals surface area contributed by atoms with Crippen molar-refractivity contribution in [2.45, 2.75) is 38.3 Å². The summed E-state index contributed by atoms with van der Waals surface area (Å²) in [4.78, 5) is 44.1. The average molecular weight is 815 g/mol. The van der Waals surface area contributed by atoms with Crippen LogP contribution in [0.4, 0.5) is 5.82 Å². The predicted octanol–water partition coefficient (Wildman–Crippen LogP) is 4.93. The summed E-state index contributed by atoms with van der Waals surface area (Å²) >= 11 is 0. The Kier molecular flexibility index (Phi) is 20.4. The Morgan fingerprint density at radius 1 is 0.864 bits per heavy atom. The highest BCUT2D eigenvalue weighted by molar-refractivity contribution is 6.00. The van der Waals surface area contributed by atoms with Crippen LogP contribution in [0.5, 0.6) is 5.75 Å². The number of fused-ring (bicyclic) bond motifs is 1. The van der Waals surface area contributed by atoms with Crippen LogP contribution in [0.15, 0.2) is 84.1 Å². The lowest BCUT2D eigenvalue weighted by atomic mass is 9.95. The van der Waals surface area contributed by atoms with Gasteiger partial charge >= 0.3 is 5.97 Å². The summed E-state index contributed by atoms with van der Waals surface area (Å²) in [5.74, 6) is -0.622. The first-order chi connectivity index (χ1) is 28.7. The van der Waals surface area contributed by atoms with E-state index in [2.05, 4.69) is 31.0 Å². The van der Waals surface area contributed by atoms with Gasteiger partial charge in [-0.05, 0) is 71.1 Å². The van der Waals surface area contributed by atoms with Crippen molar-refractivity contribution >= 4 is 34.4 Å². The number of azide groups is 1. The molecule has 4 aromatic rings. The van der Waals surface area contributed by atoms with Gasteiger partial charge in [0.2, 0.25) is 11.8 Å². The quantitative estimate of drug-likeness (QED) is 0.0212. The number of aryl methyl sites for hydroxylation is 1. The van der Waals surface area contributed by atoms with E-state index in [-0.39, 0.29) is 13.0 Å². The number of hydrogen-bond acceptors (Lipinski definition) is 12. The number of carboxylic acid groups (broad SMARTS) is 1. The van der Waals surface area contributed by atoms with Crippen LogP contribution in [0.1, 0.15) is 36.4 Å². The molecule has 0 saturated carbocycles. The molecule has 0 saturated heterocycles. The van der Waals surface area contributed by atoms with Gasteiger partial charge in [0.05, 0.1) is 77.9 Å². The van der Waals surface area contributed by atoms with E-state index in [0.29, 0.717) is 96.7 Å². The van der Waals surface area contributed by atoms with Gasteiger partial charge in [-0.1, -0.05) is 59.7 Å². The molecule has 0 bridgehead atoms. The average Bonchev–Trinajstić information content (AvgIpc) is 3.23. The first-order valence-electron chi connectivity index (χ1n) is 19.5. The molecular formula is C42H54N8O9. The molecule has 0 spiro atoms. The van der Waals surface area contributed by atoms with Crippen molar-refractivity contribution in [2.75, 3.05) is 84.4 Å². The Hall–Kier alpha value is -5.81. The number of aliphatic carboxylic acids is 1. The second-order valence-electron chi connectivity index (χ2n) is 13.4. The number of carbonyl (C=O) groups is 3. The number of benzene rings is 3. The van der Waals surface area contributed by atoms with E-state index >= 15 is 0 Å². The fraction of sp³-hybridized carbons (Fsp3) is 0.429. The van der Waals surface area contributed by atoms with Gasteiger partial charge in [0.25, 0.3) is 0 Å². The summed E-state index contributed by atoms with van der Waals surface area (Å²) in [5.41, 5.74) is 17.8. The number of anilines is 1. The highest BCUT2D eigenvalue weighted by Crippen LogP contribution is 2.35. The van der Waals surface area contributed by atoms with Crippen LogP contribution < -0.4 is 26.4 Å². The molecule has 59 heavy (non-hydrogen) atoms. The van der Waals surface area contributed by atoms with Gasteiger partial charge in [0.15, 0.2) is 0 Å². The maximum atomic E-state index is 12.9. The van der Waals surface area contributed by atoms with E-state index in [4.69, 9.17) is 34.9 Å². The molecule has 0 fully saturated rings. The fourth-order valence-corrected chi connectivity index (χ4v) is 5.94. The second kappa shape index (κ2) is 26.2. The van der Waals surface area contributed by atoms with Crippen molar-refractivity contribution in [3.8, 4) is 16.9 Å². The SMILES string of the molecule is Cc1ccnc(NCCC[C@H](N)C(=O)NCC(=O)N[C@@H](CC(=O)O)c2ccc(-c3ccc(OCCOCCOCCOCCOCCN=[N+]=[N-])c4ccccc34)cc2)c1. The van der Waals surface area contributed by atoms with Crippen molar-refractivity contribution in [3.05, 3.63) is 101 Å². The summed E-state index contributed by atoms with van der Waals surface area (Å²) in [7, 11) is 0. The zero-order valence-corrected chi connectivity index (χ0v) is 33.3. The smallest absolute Gasteiger partial charge is 0.305 e. The van der Waals surface area contributed by atoms with Crippen molar-refractivity contribution in [2.24, 2.45) is 10.8 Å². The molecule has 0 aliphatic heterocycles. The number of amides is 2. The number of ether oxygens (including phenoxy) is 5. The lowest BCUT2D eigenvalue weighted by molar-refractivity contribution is -0.138. The van der Waals surface area contributed by atoms with Gasteiger partial charge in [0, 0.05) is 29.6 Å². The van der Waals surface area contributed by atoms with Gasteiger partial charge in [0.1, 0.15) is 18.2 Å². The van der Waals surface area contributed by atoms with Crippen molar-refractivity contribution in [1.82, 2.24) is 15.6 Å². The molecule has 0 radical (unpaired) electrons. The minimum absolute atomic E-state index is 0.299. The van der Waals surface area contributed by atoms with E-state index in [0.717, 1.165) is 33.3 Å². The van der Waals surface area contributed by atoms with E-state index in [1.165, 1.54) is 0 Å². The van der Waals surface area contributed by atoms with Crippen LogP contribution in [0.25, 0.3) is 32.3 Å². The second-order valence-corrected chi connectivity index (χ2v) is 13.4. The Bertz CT molecular complexity index is 1960. The van der Waals surface area contributed by atoms with E-state index in [1.54, 1.807) is 18.3 Å². The third-order valence-corrected chi connectivity index (χ3v) is 8.90. The zero-order valence-electron chi connectivity index (χ0n) is 33.3. The first kappa shape index (κ1) is 45.9. The molecule has 1 aromatic heterocycles. The molecule has 1 heterocycles. The molecule has 0 aliphatic rings. The van der Waals surface area contributed by atoms with Gasteiger partial charge in [-0.3, -0.25) is 14.4 Å². The fourth-order valence-electron chi connectivity index (χ4n) is 5.94. The number of carboxylic acids is 1. The Morgan fingerprint density at radius 3 is 2.19 bits per heavy atom. The highest BCUT2D eigenvalue weighted by atomic mass is 16.6. The lowest BCUT2D eigenvalue weighted by Crippen LogP contribution is -2.45. The van der Waals surface area contributed by atoms with Crippen LogP contribution in [0, 0.1) is 6.92 Å². The van der Waals surface area contributed by atoms with Gasteiger partial charge in [-0.2, -0.15) is 0 Å². The third kappa shape index (κ3) is 16.9. The topological polar surface area (TPSA) is 241 Å². The minimum Gasteiger partial charge on any atom is -0.491 e. The number of aromatic nitrogens is 1. The monoisotopic (exact) mass is 814 g/mol. The number of nitrogens with zero attached hydrogens (tertiary/aromatic N) is 4. The Balaban J connectivity index is 1.20. The molecular weight excluding hydrogens is 761 g/mol. The molecule has 6 N–H and O–H groups in total. The standard InChI is InChI=1S/C42H54N8O9/c1-30-14-16-46-39(27-30)45-15-4-7-36(43)42(54)47-29-40(51)49-37(28-41(52)53)32-10-8-31(9-11-32)33-12-13-38(35-6-3-2-5-34(33)35)59-26-25-58-24-23-57-22-21-56-20-19-55-18-17-48-50-44/h2-3,5-6,8-14,16,27,36-37H,4,7,15,17-26,28-29,43H2,1H3,(H,45,46)(H,47,54)(H,49,51)(H,52,53)/t36-,37-/m0/s1. The summed E-state index contributed by atoms with van der Waals surface area (Å²) in [6, 6.07) is 21.3. The van der Waals surface area contributed by atoms with Crippen molar-refractivity contribution in [3.63, 3.8) is 0 Å². The van der Waals surface area contributed by atoms with Crippen LogP contribution >= 0.6 is 0 Å². The summed E-state index contributed by atoms with van der Waals surface area (Å²) in [6.45, 7) is 6.17. The Labute approximate surface area is 343 Å². The summed E-state index contributed by atoms with van der Waals surface area (Å²) < 4.78 is 27.9. The summed E-state index contributed by atoms with van der Waals surface area (Å²) in [6.07, 6.45) is 2.40. The molecule has 3 aromatic carbocycles. The molecule has 316 valence electrons. The first-order valence-corrected chi connectivity index (χ1v) is 19.5. The van der Waals surface area contributed by atoms with Gasteiger partial charge < -0.3 is 50.5 Å². The molecule has 0 aliphatic carbocycles. The number of pyridine rings is 1. The predicted molar refractivity (Wildman–Crippen MR) is 223 cm³/mol. The molecule has 17 nitrogen and oxygen atoms in total. The maximum Gasteiger partial charge on any atom is 0.305 e. The molecule has 4 rings (SSSR count). The third-order valence-electron chi connectivity index (χ3n) is 8.90. The van der Waals surface area contributed by atoms with Crippen LogP contribution in [0.3, 0.4) is 0 Å². The van der Waals surface area contributed by atoms with Gasteiger partial charge in [-0.25, -0.2) is 4.98 Å². The Morgan fingerprint density at radius 2 is 1.53 bits per heavy atom. The largest absolute Gasteiger partial charge is 0.491 e. The molecule has 0 unspecified atom stereocenters. The maximum absolute atomic E-state index is 12.9. The number of hydrogen-bond donors (Lipinski definition) is 5. The normalized spacial score (nSPS) is 12.0. The van der Waals surface area contributed by atoms with Crippen LogP contribution in [-0.2, 0) is 33.3 Å². The number of nitrogens with one attached hydrogen (secondary N) is 3. The molecule has 2 atom stereocenters. The zero-order chi connectivity index (χ0) is 42.1. The number of carbonyl (C=O) groups excluding carboxylic acids is 2. The molecule has 2 amide bonds. The van der Waals surface area contributed by atoms with Crippen LogP contribution in [0.2, 0.25) is 0 Å². The van der Waals surface area contributed by atoms with Crippen molar-refractivity contribution in [1.29, 1.82) is 0 Å². The summed E-state index contributed by atoms with van der Waals surface area (Å²) in [5, 5.41) is 23.4. The van der Waals surface area contributed by atoms with Crippen molar-refractivity contribution < 1.29 is 43.2 Å². The highest BCUT2D eigenvalue weighted by Gasteiger charge is 2.20. The minimum atomic E-state index is -1.08. The number of rotatable bonds is 29. The van der Waals surface area contributed by atoms with E-state index in [1.807, 2.05) is 67.6 Å². The van der Waals surface area contributed by atoms with Gasteiger partial charge in [-0.15, -0.1) is 0 Å². The molecule has 17 heteroatoms. The van der Waals surface area contributed by atoms with Crippen LogP contribution in [-0.4, -0.2) is 113 Å².